The Morgan fingerprint density at radius 1 is 1.20 bits per heavy atom. The Bertz CT molecular complexity index is 451. The van der Waals surface area contributed by atoms with Gasteiger partial charge in [-0.05, 0) is 43.6 Å². The van der Waals surface area contributed by atoms with E-state index in [0.717, 1.165) is 19.3 Å². The third kappa shape index (κ3) is 3.04. The SMILES string of the molecule is CCOC(=O)C1CC1C1CC(OCc2ccccc2)C1. The van der Waals surface area contributed by atoms with Crippen LogP contribution >= 0.6 is 0 Å². The second-order valence-corrected chi connectivity index (χ2v) is 5.91. The van der Waals surface area contributed by atoms with Gasteiger partial charge in [-0.15, -0.1) is 0 Å². The maximum atomic E-state index is 11.6. The van der Waals surface area contributed by atoms with Gasteiger partial charge in [0.1, 0.15) is 0 Å². The molecule has 0 aromatic heterocycles. The van der Waals surface area contributed by atoms with Gasteiger partial charge in [0, 0.05) is 0 Å². The molecule has 3 heteroatoms. The molecule has 1 aromatic rings. The Morgan fingerprint density at radius 2 is 1.95 bits per heavy atom. The molecule has 2 aliphatic rings. The molecule has 0 N–H and O–H groups in total. The number of benzene rings is 1. The number of hydrogen-bond donors (Lipinski definition) is 0. The van der Waals surface area contributed by atoms with E-state index < -0.39 is 0 Å². The van der Waals surface area contributed by atoms with Crippen LogP contribution in [-0.2, 0) is 20.9 Å². The highest BCUT2D eigenvalue weighted by Gasteiger charge is 2.52. The summed E-state index contributed by atoms with van der Waals surface area (Å²) in [5.41, 5.74) is 1.23. The van der Waals surface area contributed by atoms with E-state index >= 15 is 0 Å². The second-order valence-electron chi connectivity index (χ2n) is 5.91. The third-order valence-electron chi connectivity index (χ3n) is 4.49. The molecule has 20 heavy (non-hydrogen) atoms. The normalized spacial score (nSPS) is 31.4. The smallest absolute Gasteiger partial charge is 0.309 e. The Morgan fingerprint density at radius 3 is 2.65 bits per heavy atom. The Kier molecular flexibility index (Phi) is 4.06. The molecule has 2 unspecified atom stereocenters. The summed E-state index contributed by atoms with van der Waals surface area (Å²) in [7, 11) is 0. The Labute approximate surface area is 120 Å². The predicted octanol–water partition coefficient (Wildman–Crippen LogP) is 3.18. The van der Waals surface area contributed by atoms with E-state index in [1.165, 1.54) is 5.56 Å². The van der Waals surface area contributed by atoms with Gasteiger partial charge in [0.05, 0.1) is 25.2 Å². The number of ether oxygens (including phenoxy) is 2. The fourth-order valence-corrected chi connectivity index (χ4v) is 3.14. The zero-order valence-electron chi connectivity index (χ0n) is 12.0. The van der Waals surface area contributed by atoms with Gasteiger partial charge < -0.3 is 9.47 Å². The minimum absolute atomic E-state index is 0.00570. The van der Waals surface area contributed by atoms with Crippen LogP contribution in [0.5, 0.6) is 0 Å². The molecule has 0 radical (unpaired) electrons. The summed E-state index contributed by atoms with van der Waals surface area (Å²) < 4.78 is 11.0. The zero-order valence-corrected chi connectivity index (χ0v) is 12.0. The highest BCUT2D eigenvalue weighted by atomic mass is 16.5. The van der Waals surface area contributed by atoms with Crippen molar-refractivity contribution in [1.29, 1.82) is 0 Å². The van der Waals surface area contributed by atoms with Crippen LogP contribution < -0.4 is 0 Å². The molecule has 0 saturated heterocycles. The molecule has 2 saturated carbocycles. The number of carbonyl (C=O) groups is 1. The van der Waals surface area contributed by atoms with Gasteiger partial charge in [0.15, 0.2) is 0 Å². The van der Waals surface area contributed by atoms with E-state index in [1.54, 1.807) is 0 Å². The zero-order chi connectivity index (χ0) is 13.9. The summed E-state index contributed by atoms with van der Waals surface area (Å²) >= 11 is 0. The van der Waals surface area contributed by atoms with E-state index in [0.29, 0.717) is 31.2 Å². The molecular formula is C17H22O3. The molecule has 3 nitrogen and oxygen atoms in total. The Hall–Kier alpha value is -1.35. The van der Waals surface area contributed by atoms with Gasteiger partial charge in [0.2, 0.25) is 0 Å². The fraction of sp³-hybridized carbons (Fsp3) is 0.588. The molecule has 0 bridgehead atoms. The van der Waals surface area contributed by atoms with E-state index in [2.05, 4.69) is 12.1 Å². The molecule has 0 amide bonds. The van der Waals surface area contributed by atoms with Crippen molar-refractivity contribution in [2.75, 3.05) is 6.61 Å². The summed E-state index contributed by atoms with van der Waals surface area (Å²) in [6.45, 7) is 3.06. The van der Waals surface area contributed by atoms with Crippen molar-refractivity contribution in [2.45, 2.75) is 38.9 Å². The van der Waals surface area contributed by atoms with Crippen molar-refractivity contribution >= 4 is 5.97 Å². The van der Waals surface area contributed by atoms with Gasteiger partial charge in [-0.3, -0.25) is 4.79 Å². The minimum atomic E-state index is 0.00570. The maximum Gasteiger partial charge on any atom is 0.309 e. The molecule has 1 aromatic carbocycles. The number of hydrogen-bond acceptors (Lipinski definition) is 3. The number of esters is 1. The second kappa shape index (κ2) is 5.96. The lowest BCUT2D eigenvalue weighted by Crippen LogP contribution is -2.33. The van der Waals surface area contributed by atoms with Crippen LogP contribution in [0.4, 0.5) is 0 Å². The van der Waals surface area contributed by atoms with E-state index in [9.17, 15) is 4.79 Å². The van der Waals surface area contributed by atoms with Crippen LogP contribution in [0.3, 0.4) is 0 Å². The lowest BCUT2D eigenvalue weighted by Gasteiger charge is -2.35. The first-order valence-electron chi connectivity index (χ1n) is 7.60. The number of carbonyl (C=O) groups excluding carboxylic acids is 1. The van der Waals surface area contributed by atoms with Crippen molar-refractivity contribution in [3.63, 3.8) is 0 Å². The molecule has 108 valence electrons. The molecule has 0 spiro atoms. The molecule has 2 atom stereocenters. The standard InChI is InChI=1S/C17H22O3/c1-2-19-17(18)16-10-15(16)13-8-14(9-13)20-11-12-6-4-3-5-7-12/h3-7,13-16H,2,8-11H2,1H3. The van der Waals surface area contributed by atoms with Crippen LogP contribution in [-0.4, -0.2) is 18.7 Å². The van der Waals surface area contributed by atoms with Crippen molar-refractivity contribution in [3.8, 4) is 0 Å². The molecule has 0 heterocycles. The minimum Gasteiger partial charge on any atom is -0.466 e. The summed E-state index contributed by atoms with van der Waals surface area (Å²) in [4.78, 5) is 11.6. The van der Waals surface area contributed by atoms with Crippen LogP contribution in [0.15, 0.2) is 30.3 Å². The lowest BCUT2D eigenvalue weighted by molar-refractivity contribution is -0.145. The molecular weight excluding hydrogens is 252 g/mol. The van der Waals surface area contributed by atoms with Gasteiger partial charge in [-0.25, -0.2) is 0 Å². The first kappa shape index (κ1) is 13.6. The van der Waals surface area contributed by atoms with Crippen LogP contribution in [0.2, 0.25) is 0 Å². The first-order chi connectivity index (χ1) is 9.78. The highest BCUT2D eigenvalue weighted by molar-refractivity contribution is 5.75. The molecule has 2 aliphatic carbocycles. The van der Waals surface area contributed by atoms with Crippen LogP contribution in [0.1, 0.15) is 31.7 Å². The predicted molar refractivity (Wildman–Crippen MR) is 76.0 cm³/mol. The van der Waals surface area contributed by atoms with Crippen molar-refractivity contribution in [2.24, 2.45) is 17.8 Å². The fourth-order valence-electron chi connectivity index (χ4n) is 3.14. The van der Waals surface area contributed by atoms with Crippen molar-refractivity contribution in [3.05, 3.63) is 35.9 Å². The van der Waals surface area contributed by atoms with Crippen LogP contribution in [0, 0.1) is 17.8 Å². The largest absolute Gasteiger partial charge is 0.466 e. The van der Waals surface area contributed by atoms with E-state index in [1.807, 2.05) is 25.1 Å². The average molecular weight is 274 g/mol. The van der Waals surface area contributed by atoms with Gasteiger partial charge in [0.25, 0.3) is 0 Å². The Balaban J connectivity index is 1.35. The van der Waals surface area contributed by atoms with Gasteiger partial charge in [-0.2, -0.15) is 0 Å². The molecule has 3 rings (SSSR count). The summed E-state index contributed by atoms with van der Waals surface area (Å²) in [5.74, 6) is 1.41. The van der Waals surface area contributed by atoms with Crippen LogP contribution in [0.25, 0.3) is 0 Å². The van der Waals surface area contributed by atoms with Gasteiger partial charge in [-0.1, -0.05) is 30.3 Å². The highest BCUT2D eigenvalue weighted by Crippen LogP contribution is 2.52. The molecule has 2 fully saturated rings. The average Bonchev–Trinajstić information content (AvgIpc) is 3.19. The van der Waals surface area contributed by atoms with Crippen molar-refractivity contribution < 1.29 is 14.3 Å². The summed E-state index contributed by atoms with van der Waals surface area (Å²) in [6, 6.07) is 10.3. The number of rotatable bonds is 6. The maximum absolute atomic E-state index is 11.6. The monoisotopic (exact) mass is 274 g/mol. The summed E-state index contributed by atoms with van der Waals surface area (Å²) in [6.07, 6.45) is 3.61. The van der Waals surface area contributed by atoms with Crippen molar-refractivity contribution in [1.82, 2.24) is 0 Å². The van der Waals surface area contributed by atoms with E-state index in [-0.39, 0.29) is 11.9 Å². The summed E-state index contributed by atoms with van der Waals surface area (Å²) in [5, 5.41) is 0. The first-order valence-corrected chi connectivity index (χ1v) is 7.60. The molecule has 0 aliphatic heterocycles. The van der Waals surface area contributed by atoms with Gasteiger partial charge >= 0.3 is 5.97 Å². The topological polar surface area (TPSA) is 35.5 Å². The third-order valence-corrected chi connectivity index (χ3v) is 4.49. The lowest BCUT2D eigenvalue weighted by atomic mass is 9.78. The van der Waals surface area contributed by atoms with E-state index in [4.69, 9.17) is 9.47 Å². The quantitative estimate of drug-likeness (QED) is 0.747.